The first-order valence-corrected chi connectivity index (χ1v) is 7.62. The number of hydrogen-bond donors (Lipinski definition) is 5. The van der Waals surface area contributed by atoms with Crippen LogP contribution in [-0.4, -0.2) is 28.0 Å². The first-order chi connectivity index (χ1) is 12.0. The van der Waals surface area contributed by atoms with Crippen molar-refractivity contribution in [2.45, 2.75) is 12.6 Å². The number of para-hydroxylation sites is 1. The molecule has 0 saturated carbocycles. The zero-order valence-electron chi connectivity index (χ0n) is 13.2. The quantitative estimate of drug-likeness (QED) is 0.497. The second-order valence-corrected chi connectivity index (χ2v) is 5.59. The largest absolute Gasteiger partial charge is 0.505 e. The fraction of sp³-hybridized carbons (Fsp3) is 0.111. The summed E-state index contributed by atoms with van der Waals surface area (Å²) < 4.78 is 0. The molecule has 0 bridgehead atoms. The minimum atomic E-state index is -1.24. The van der Waals surface area contributed by atoms with Crippen molar-refractivity contribution in [1.29, 1.82) is 0 Å². The lowest BCUT2D eigenvalue weighted by Crippen LogP contribution is -2.45. The molecule has 0 aliphatic heterocycles. The molecule has 1 atom stereocenters. The van der Waals surface area contributed by atoms with Crippen LogP contribution in [0.5, 0.6) is 5.75 Å². The minimum absolute atomic E-state index is 0.0586. The second-order valence-electron chi connectivity index (χ2n) is 5.59. The molecule has 0 saturated heterocycles. The molecule has 1 aliphatic carbocycles. The molecule has 2 aromatic rings. The van der Waals surface area contributed by atoms with Gasteiger partial charge >= 0.3 is 0 Å². The topological polar surface area (TPSA) is 125 Å². The van der Waals surface area contributed by atoms with Crippen molar-refractivity contribution in [2.24, 2.45) is 5.73 Å². The van der Waals surface area contributed by atoms with E-state index in [2.05, 4.69) is 10.6 Å². The van der Waals surface area contributed by atoms with E-state index in [-0.39, 0.29) is 22.7 Å². The average Bonchev–Trinajstić information content (AvgIpc) is 2.62. The molecule has 0 aromatic heterocycles. The Bertz CT molecular complexity index is 862. The third-order valence-corrected chi connectivity index (χ3v) is 3.92. The number of aliphatic hydroxyl groups excluding tert-OH is 1. The number of carbonyl (C=O) groups excluding carboxylic acids is 2. The van der Waals surface area contributed by atoms with Gasteiger partial charge in [0.2, 0.25) is 5.78 Å². The van der Waals surface area contributed by atoms with Gasteiger partial charge in [0.1, 0.15) is 5.70 Å². The number of aliphatic hydroxyl groups is 1. The van der Waals surface area contributed by atoms with Gasteiger partial charge in [0.25, 0.3) is 5.91 Å². The number of hydrogen-bond acceptors (Lipinski definition) is 6. The summed E-state index contributed by atoms with van der Waals surface area (Å²) in [6, 6.07) is 13.9. The molecular formula is C18H17N3O4. The Labute approximate surface area is 143 Å². The molecule has 0 fully saturated rings. The van der Waals surface area contributed by atoms with Crippen molar-refractivity contribution in [3.05, 3.63) is 71.1 Å². The zero-order chi connectivity index (χ0) is 18.0. The number of phenols is 1. The van der Waals surface area contributed by atoms with Gasteiger partial charge in [0, 0.05) is 6.54 Å². The van der Waals surface area contributed by atoms with E-state index in [1.807, 2.05) is 30.3 Å². The highest BCUT2D eigenvalue weighted by molar-refractivity contribution is 6.11. The molecule has 0 radical (unpaired) electrons. The number of Topliss-reactive ketones (excluding diaryl/α,β-unsaturated/α-hetero) is 1. The maximum Gasteiger partial charge on any atom is 0.252 e. The Hall–Kier alpha value is -3.32. The lowest BCUT2D eigenvalue weighted by atomic mass is 9.94. The van der Waals surface area contributed by atoms with Crippen LogP contribution >= 0.6 is 0 Å². The van der Waals surface area contributed by atoms with Crippen molar-refractivity contribution < 1.29 is 19.8 Å². The van der Waals surface area contributed by atoms with Crippen LogP contribution in [0.25, 0.3) is 0 Å². The molecule has 6 N–H and O–H groups in total. The van der Waals surface area contributed by atoms with E-state index in [0.717, 1.165) is 5.56 Å². The molecule has 2 aromatic carbocycles. The molecule has 7 nitrogen and oxygen atoms in total. The minimum Gasteiger partial charge on any atom is -0.505 e. The van der Waals surface area contributed by atoms with Gasteiger partial charge in [0.05, 0.1) is 16.9 Å². The molecule has 1 amide bonds. The van der Waals surface area contributed by atoms with Crippen LogP contribution in [0.15, 0.2) is 59.9 Å². The molecule has 1 aliphatic rings. The number of nitrogens with one attached hydrogen (secondary N) is 2. The summed E-state index contributed by atoms with van der Waals surface area (Å²) in [6.45, 7) is 0.430. The van der Waals surface area contributed by atoms with Crippen LogP contribution in [-0.2, 0) is 11.3 Å². The number of carbonyl (C=O) groups is 2. The van der Waals surface area contributed by atoms with Crippen LogP contribution in [0.4, 0.5) is 5.69 Å². The summed E-state index contributed by atoms with van der Waals surface area (Å²) in [5.41, 5.74) is 6.75. The van der Waals surface area contributed by atoms with Gasteiger partial charge in [-0.2, -0.15) is 0 Å². The number of amides is 1. The molecule has 1 unspecified atom stereocenters. The molecule has 128 valence electrons. The highest BCUT2D eigenvalue weighted by Gasteiger charge is 2.38. The Kier molecular flexibility index (Phi) is 4.40. The summed E-state index contributed by atoms with van der Waals surface area (Å²) in [5.74, 6) is -1.63. The first-order valence-electron chi connectivity index (χ1n) is 7.62. The zero-order valence-corrected chi connectivity index (χ0v) is 13.2. The highest BCUT2D eigenvalue weighted by Crippen LogP contribution is 2.32. The van der Waals surface area contributed by atoms with E-state index in [1.165, 1.54) is 18.2 Å². The fourth-order valence-corrected chi connectivity index (χ4v) is 2.54. The third kappa shape index (κ3) is 3.17. The average molecular weight is 339 g/mol. The maximum absolute atomic E-state index is 11.9. The van der Waals surface area contributed by atoms with Gasteiger partial charge in [-0.15, -0.1) is 0 Å². The van der Waals surface area contributed by atoms with E-state index in [1.54, 1.807) is 0 Å². The van der Waals surface area contributed by atoms with Crippen molar-refractivity contribution in [3.63, 3.8) is 0 Å². The molecule has 25 heavy (non-hydrogen) atoms. The van der Waals surface area contributed by atoms with E-state index in [4.69, 9.17) is 5.73 Å². The van der Waals surface area contributed by atoms with Gasteiger partial charge < -0.3 is 26.6 Å². The number of primary amides is 1. The summed E-state index contributed by atoms with van der Waals surface area (Å²) >= 11 is 0. The summed E-state index contributed by atoms with van der Waals surface area (Å²) in [6.07, 6.45) is -1.24. The molecular weight excluding hydrogens is 322 g/mol. The maximum atomic E-state index is 11.9. The lowest BCUT2D eigenvalue weighted by molar-refractivity contribution is -0.124. The molecule has 7 heteroatoms. The van der Waals surface area contributed by atoms with Gasteiger partial charge in [0.15, 0.2) is 11.9 Å². The Balaban J connectivity index is 1.82. The number of ketones is 1. The van der Waals surface area contributed by atoms with Crippen LogP contribution < -0.4 is 16.4 Å². The van der Waals surface area contributed by atoms with Gasteiger partial charge in [-0.3, -0.25) is 9.59 Å². The lowest BCUT2D eigenvalue weighted by Gasteiger charge is -2.30. The van der Waals surface area contributed by atoms with Crippen LogP contribution in [0.3, 0.4) is 0 Å². The predicted molar refractivity (Wildman–Crippen MR) is 91.6 cm³/mol. The summed E-state index contributed by atoms with van der Waals surface area (Å²) in [7, 11) is 0. The van der Waals surface area contributed by atoms with Crippen LogP contribution in [0, 0.1) is 0 Å². The smallest absolute Gasteiger partial charge is 0.252 e. The van der Waals surface area contributed by atoms with Crippen molar-refractivity contribution in [3.8, 4) is 5.75 Å². The van der Waals surface area contributed by atoms with E-state index in [0.29, 0.717) is 12.2 Å². The van der Waals surface area contributed by atoms with E-state index in [9.17, 15) is 19.8 Å². The predicted octanol–water partition coefficient (Wildman–Crippen LogP) is 0.848. The first kappa shape index (κ1) is 16.5. The monoisotopic (exact) mass is 339 g/mol. The van der Waals surface area contributed by atoms with Crippen molar-refractivity contribution >= 4 is 17.4 Å². The number of rotatable bonds is 6. The number of aromatic hydroxyl groups is 1. The van der Waals surface area contributed by atoms with Crippen LogP contribution in [0.2, 0.25) is 0 Å². The van der Waals surface area contributed by atoms with E-state index < -0.39 is 17.8 Å². The third-order valence-electron chi connectivity index (χ3n) is 3.92. The second kappa shape index (κ2) is 6.66. The van der Waals surface area contributed by atoms with Gasteiger partial charge in [-0.05, 0) is 17.7 Å². The Morgan fingerprint density at radius 2 is 1.84 bits per heavy atom. The van der Waals surface area contributed by atoms with Gasteiger partial charge in [-0.25, -0.2) is 0 Å². The Morgan fingerprint density at radius 3 is 2.52 bits per heavy atom. The van der Waals surface area contributed by atoms with Gasteiger partial charge in [-0.1, -0.05) is 36.4 Å². The summed E-state index contributed by atoms with van der Waals surface area (Å²) in [5, 5.41) is 25.7. The fourth-order valence-electron chi connectivity index (χ4n) is 2.54. The number of benzene rings is 2. The molecule has 3 rings (SSSR count). The van der Waals surface area contributed by atoms with E-state index >= 15 is 0 Å². The van der Waals surface area contributed by atoms with Crippen molar-refractivity contribution in [2.75, 3.05) is 5.32 Å². The van der Waals surface area contributed by atoms with Crippen LogP contribution in [0.1, 0.15) is 15.9 Å². The van der Waals surface area contributed by atoms with Crippen molar-refractivity contribution in [1.82, 2.24) is 5.32 Å². The summed E-state index contributed by atoms with van der Waals surface area (Å²) in [4.78, 5) is 23.2. The normalized spacial score (nSPS) is 16.4. The molecule has 0 heterocycles. The SMILES string of the molecule is NC(=O)c1cccc(NC2=C(NCc3ccccc3)C(O)C2=O)c1O. The Morgan fingerprint density at radius 1 is 1.12 bits per heavy atom. The molecule has 0 spiro atoms. The number of nitrogens with two attached hydrogens (primary N) is 1. The number of anilines is 1. The highest BCUT2D eigenvalue weighted by atomic mass is 16.3. The standard InChI is InChI=1S/C18H17N3O4/c19-18(25)11-7-4-8-12(15(11)22)21-14-13(16(23)17(14)24)20-9-10-5-2-1-3-6-10/h1-8,16,20-23H,9H2,(H2,19,25).